The van der Waals surface area contributed by atoms with E-state index in [1.54, 1.807) is 41.3 Å². The molecule has 0 bridgehead atoms. The van der Waals surface area contributed by atoms with Crippen molar-refractivity contribution >= 4 is 17.6 Å². The minimum absolute atomic E-state index is 0.0555. The van der Waals surface area contributed by atoms with Gasteiger partial charge in [-0.15, -0.1) is 0 Å². The Bertz CT molecular complexity index is 785. The molecule has 2 aromatic rings. The zero-order valence-electron chi connectivity index (χ0n) is 14.7. The molecule has 0 unspecified atom stereocenters. The van der Waals surface area contributed by atoms with Gasteiger partial charge >= 0.3 is 5.97 Å². The summed E-state index contributed by atoms with van der Waals surface area (Å²) in [6.07, 6.45) is 1.62. The summed E-state index contributed by atoms with van der Waals surface area (Å²) in [5, 5.41) is 12.0. The zero-order chi connectivity index (χ0) is 19.2. The molecular weight excluding hydrogens is 351 g/mol. The lowest BCUT2D eigenvalue weighted by atomic mass is 10.0. The number of halogens is 1. The minimum atomic E-state index is -1.05. The molecule has 7 heteroatoms. The van der Waals surface area contributed by atoms with E-state index < -0.39 is 12.6 Å². The van der Waals surface area contributed by atoms with Crippen LogP contribution in [0, 0.1) is 5.82 Å². The van der Waals surface area contributed by atoms with Gasteiger partial charge in [0, 0.05) is 30.4 Å². The third-order valence-corrected chi connectivity index (χ3v) is 4.46. The van der Waals surface area contributed by atoms with E-state index in [4.69, 9.17) is 9.84 Å². The minimum Gasteiger partial charge on any atom is -0.482 e. The number of amides is 1. The van der Waals surface area contributed by atoms with Crippen LogP contribution in [-0.2, 0) is 4.79 Å². The van der Waals surface area contributed by atoms with Crippen molar-refractivity contribution in [2.45, 2.75) is 18.9 Å². The molecule has 0 atom stereocenters. The molecule has 0 aliphatic carbocycles. The second-order valence-electron chi connectivity index (χ2n) is 6.42. The lowest BCUT2D eigenvalue weighted by molar-refractivity contribution is -0.139. The predicted molar refractivity (Wildman–Crippen MR) is 98.5 cm³/mol. The first kappa shape index (κ1) is 18.7. The standard InChI is InChI=1S/C20H21FN2O4/c21-15-3-5-16(6-4-15)22-17-9-11-23(12-10-17)20(26)14-1-7-18(8-2-14)27-13-19(24)25/h1-8,17,22H,9-13H2,(H,24,25). The van der Waals surface area contributed by atoms with Gasteiger partial charge in [0.2, 0.25) is 0 Å². The topological polar surface area (TPSA) is 78.9 Å². The fourth-order valence-corrected chi connectivity index (χ4v) is 3.03. The van der Waals surface area contributed by atoms with Crippen LogP contribution in [-0.4, -0.2) is 47.6 Å². The third-order valence-electron chi connectivity index (χ3n) is 4.46. The molecule has 2 aromatic carbocycles. The van der Waals surface area contributed by atoms with Crippen molar-refractivity contribution in [1.82, 2.24) is 4.90 Å². The number of hydrogen-bond donors (Lipinski definition) is 2. The molecule has 6 nitrogen and oxygen atoms in total. The van der Waals surface area contributed by atoms with E-state index in [1.807, 2.05) is 0 Å². The quantitative estimate of drug-likeness (QED) is 0.815. The number of hydrogen-bond acceptors (Lipinski definition) is 4. The average molecular weight is 372 g/mol. The number of nitrogens with zero attached hydrogens (tertiary/aromatic N) is 1. The molecule has 1 aliphatic heterocycles. The fourth-order valence-electron chi connectivity index (χ4n) is 3.03. The first-order chi connectivity index (χ1) is 13.0. The highest BCUT2D eigenvalue weighted by Gasteiger charge is 2.23. The number of ether oxygens (including phenoxy) is 1. The number of carboxylic acid groups (broad SMARTS) is 1. The third kappa shape index (κ3) is 5.20. The summed E-state index contributed by atoms with van der Waals surface area (Å²) in [4.78, 5) is 24.9. The van der Waals surface area contributed by atoms with Crippen LogP contribution in [0.1, 0.15) is 23.2 Å². The van der Waals surface area contributed by atoms with Crippen LogP contribution in [0.25, 0.3) is 0 Å². The lowest BCUT2D eigenvalue weighted by Gasteiger charge is -2.33. The number of anilines is 1. The van der Waals surface area contributed by atoms with Gasteiger partial charge in [-0.1, -0.05) is 0 Å². The summed E-state index contributed by atoms with van der Waals surface area (Å²) < 4.78 is 18.0. The van der Waals surface area contributed by atoms with Crippen LogP contribution < -0.4 is 10.1 Å². The SMILES string of the molecule is O=C(O)COc1ccc(C(=O)N2CCC(Nc3ccc(F)cc3)CC2)cc1. The molecule has 0 aromatic heterocycles. The fraction of sp³-hybridized carbons (Fsp3) is 0.300. The van der Waals surface area contributed by atoms with E-state index in [9.17, 15) is 14.0 Å². The number of piperidine rings is 1. The van der Waals surface area contributed by atoms with Crippen molar-refractivity contribution < 1.29 is 23.8 Å². The van der Waals surface area contributed by atoms with Crippen LogP contribution >= 0.6 is 0 Å². The van der Waals surface area contributed by atoms with Gasteiger partial charge in [-0.25, -0.2) is 9.18 Å². The van der Waals surface area contributed by atoms with E-state index >= 15 is 0 Å². The monoisotopic (exact) mass is 372 g/mol. The second-order valence-corrected chi connectivity index (χ2v) is 6.42. The Morgan fingerprint density at radius 3 is 2.30 bits per heavy atom. The van der Waals surface area contributed by atoms with Gasteiger partial charge in [0.1, 0.15) is 11.6 Å². The van der Waals surface area contributed by atoms with E-state index in [2.05, 4.69) is 5.32 Å². The van der Waals surface area contributed by atoms with E-state index in [-0.39, 0.29) is 17.8 Å². The Kier molecular flexibility index (Phi) is 5.90. The van der Waals surface area contributed by atoms with E-state index in [1.165, 1.54) is 12.1 Å². The van der Waals surface area contributed by atoms with Gasteiger partial charge in [0.25, 0.3) is 5.91 Å². The maximum Gasteiger partial charge on any atom is 0.341 e. The van der Waals surface area contributed by atoms with Gasteiger partial charge < -0.3 is 20.1 Å². The molecule has 1 saturated heterocycles. The van der Waals surface area contributed by atoms with Crippen LogP contribution in [0.4, 0.5) is 10.1 Å². The number of carboxylic acids is 1. The summed E-state index contributed by atoms with van der Waals surface area (Å²) in [5.41, 5.74) is 1.42. The average Bonchev–Trinajstić information content (AvgIpc) is 2.68. The summed E-state index contributed by atoms with van der Waals surface area (Å²) >= 11 is 0. The molecule has 1 aliphatic rings. The highest BCUT2D eigenvalue weighted by molar-refractivity contribution is 5.94. The number of carbonyl (C=O) groups is 2. The first-order valence-electron chi connectivity index (χ1n) is 8.77. The van der Waals surface area contributed by atoms with Gasteiger partial charge in [0.05, 0.1) is 0 Å². The highest BCUT2D eigenvalue weighted by atomic mass is 19.1. The van der Waals surface area contributed by atoms with Crippen molar-refractivity contribution in [1.29, 1.82) is 0 Å². The zero-order valence-corrected chi connectivity index (χ0v) is 14.7. The second kappa shape index (κ2) is 8.53. The molecule has 0 saturated carbocycles. The van der Waals surface area contributed by atoms with Crippen LogP contribution in [0.2, 0.25) is 0 Å². The molecule has 0 spiro atoms. The largest absolute Gasteiger partial charge is 0.482 e. The number of rotatable bonds is 6. The van der Waals surface area contributed by atoms with Gasteiger partial charge in [-0.2, -0.15) is 0 Å². The molecule has 142 valence electrons. The van der Waals surface area contributed by atoms with Crippen molar-refractivity contribution in [3.8, 4) is 5.75 Å². The highest BCUT2D eigenvalue weighted by Crippen LogP contribution is 2.20. The molecule has 3 rings (SSSR count). The molecule has 1 amide bonds. The van der Waals surface area contributed by atoms with Crippen molar-refractivity contribution in [2.75, 3.05) is 25.0 Å². The summed E-state index contributed by atoms with van der Waals surface area (Å²) in [7, 11) is 0. The first-order valence-corrected chi connectivity index (χ1v) is 8.77. The smallest absolute Gasteiger partial charge is 0.341 e. The predicted octanol–water partition coefficient (Wildman–Crippen LogP) is 3.01. The van der Waals surface area contributed by atoms with E-state index in [0.29, 0.717) is 24.4 Å². The number of carbonyl (C=O) groups excluding carboxylic acids is 1. The maximum atomic E-state index is 13.0. The Balaban J connectivity index is 1.50. The van der Waals surface area contributed by atoms with Gasteiger partial charge in [-0.3, -0.25) is 4.79 Å². The number of likely N-dealkylation sites (tertiary alicyclic amines) is 1. The Hall–Kier alpha value is -3.09. The Labute approximate surface area is 156 Å². The molecular formula is C20H21FN2O4. The Morgan fingerprint density at radius 1 is 1.07 bits per heavy atom. The van der Waals surface area contributed by atoms with Gasteiger partial charge in [-0.05, 0) is 61.4 Å². The molecule has 1 fully saturated rings. The number of nitrogens with one attached hydrogen (secondary N) is 1. The molecule has 0 radical (unpaired) electrons. The summed E-state index contributed by atoms with van der Waals surface area (Å²) in [6, 6.07) is 13.0. The molecule has 1 heterocycles. The molecule has 2 N–H and O–H groups in total. The van der Waals surface area contributed by atoms with Crippen molar-refractivity contribution in [2.24, 2.45) is 0 Å². The lowest BCUT2D eigenvalue weighted by Crippen LogP contribution is -2.42. The van der Waals surface area contributed by atoms with Crippen molar-refractivity contribution in [3.05, 3.63) is 59.9 Å². The van der Waals surface area contributed by atoms with Crippen LogP contribution in [0.5, 0.6) is 5.75 Å². The Morgan fingerprint density at radius 2 is 1.70 bits per heavy atom. The van der Waals surface area contributed by atoms with Crippen LogP contribution in [0.15, 0.2) is 48.5 Å². The van der Waals surface area contributed by atoms with Crippen LogP contribution in [0.3, 0.4) is 0 Å². The van der Waals surface area contributed by atoms with Crippen molar-refractivity contribution in [3.63, 3.8) is 0 Å². The molecule has 27 heavy (non-hydrogen) atoms. The summed E-state index contributed by atoms with van der Waals surface area (Å²) in [6.45, 7) is 0.853. The maximum absolute atomic E-state index is 13.0. The number of benzene rings is 2. The normalized spacial score (nSPS) is 14.6. The number of aliphatic carboxylic acids is 1. The summed E-state index contributed by atoms with van der Waals surface area (Å²) in [5.74, 6) is -0.955. The van der Waals surface area contributed by atoms with E-state index in [0.717, 1.165) is 18.5 Å². The van der Waals surface area contributed by atoms with Gasteiger partial charge in [0.15, 0.2) is 6.61 Å².